The van der Waals surface area contributed by atoms with E-state index in [2.05, 4.69) is 15.4 Å². The zero-order valence-electron chi connectivity index (χ0n) is 12.5. The van der Waals surface area contributed by atoms with Crippen molar-refractivity contribution in [3.63, 3.8) is 0 Å². The lowest BCUT2D eigenvalue weighted by molar-refractivity contribution is 0.102. The van der Waals surface area contributed by atoms with Crippen LogP contribution in [0, 0.1) is 0 Å². The zero-order chi connectivity index (χ0) is 16.2. The summed E-state index contributed by atoms with van der Waals surface area (Å²) in [6.45, 7) is 1.98. The minimum atomic E-state index is -0.228. The predicted molar refractivity (Wildman–Crippen MR) is 90.1 cm³/mol. The molecule has 23 heavy (non-hydrogen) atoms. The molecule has 0 spiro atoms. The number of rotatable bonds is 4. The number of aromatic nitrogens is 3. The van der Waals surface area contributed by atoms with Gasteiger partial charge in [0.15, 0.2) is 0 Å². The van der Waals surface area contributed by atoms with Crippen molar-refractivity contribution in [1.82, 2.24) is 14.8 Å². The predicted octanol–water partition coefficient (Wildman–Crippen LogP) is 3.74. The van der Waals surface area contributed by atoms with Crippen LogP contribution in [0.1, 0.15) is 23.0 Å². The Morgan fingerprint density at radius 3 is 2.83 bits per heavy atom. The van der Waals surface area contributed by atoms with E-state index in [4.69, 9.17) is 11.6 Å². The van der Waals surface area contributed by atoms with Crippen molar-refractivity contribution in [3.05, 3.63) is 71.1 Å². The summed E-state index contributed by atoms with van der Waals surface area (Å²) in [4.78, 5) is 16.6. The highest BCUT2D eigenvalue weighted by Crippen LogP contribution is 2.19. The van der Waals surface area contributed by atoms with Crippen LogP contribution in [0.4, 0.5) is 5.82 Å². The third kappa shape index (κ3) is 3.24. The van der Waals surface area contributed by atoms with Gasteiger partial charge in [-0.3, -0.25) is 4.79 Å². The molecular weight excluding hydrogens is 312 g/mol. The number of hydrogen-bond acceptors (Lipinski definition) is 3. The molecule has 1 amide bonds. The molecule has 2 heterocycles. The number of amides is 1. The first-order chi connectivity index (χ1) is 11.2. The van der Waals surface area contributed by atoms with Crippen molar-refractivity contribution in [2.24, 2.45) is 0 Å². The van der Waals surface area contributed by atoms with Gasteiger partial charge in [0.1, 0.15) is 5.82 Å². The highest BCUT2D eigenvalue weighted by Gasteiger charge is 2.17. The van der Waals surface area contributed by atoms with E-state index in [-0.39, 0.29) is 5.91 Å². The average Bonchev–Trinajstić information content (AvgIpc) is 3.00. The normalized spacial score (nSPS) is 10.5. The molecule has 2 aromatic heterocycles. The minimum Gasteiger partial charge on any atom is -0.306 e. The zero-order valence-corrected chi connectivity index (χ0v) is 13.3. The standard InChI is InChI=1S/C17H15ClN4O/c1-2-15-14(17(23)21-16-8-3-4-9-19-16)11-20-22(15)13-7-5-6-12(18)10-13/h3-11H,2H2,1H3,(H,19,21,23). The van der Waals surface area contributed by atoms with E-state index in [1.807, 2.05) is 31.2 Å². The summed E-state index contributed by atoms with van der Waals surface area (Å²) in [6, 6.07) is 12.7. The second kappa shape index (κ2) is 6.62. The number of anilines is 1. The van der Waals surface area contributed by atoms with Gasteiger partial charge in [-0.25, -0.2) is 9.67 Å². The lowest BCUT2D eigenvalue weighted by Crippen LogP contribution is -2.15. The largest absolute Gasteiger partial charge is 0.306 e. The second-order valence-corrected chi connectivity index (χ2v) is 5.36. The van der Waals surface area contributed by atoms with E-state index < -0.39 is 0 Å². The SMILES string of the molecule is CCc1c(C(=O)Nc2ccccn2)cnn1-c1cccc(Cl)c1. The highest BCUT2D eigenvalue weighted by molar-refractivity contribution is 6.30. The van der Waals surface area contributed by atoms with E-state index in [0.717, 1.165) is 11.4 Å². The summed E-state index contributed by atoms with van der Waals surface area (Å²) in [7, 11) is 0. The van der Waals surface area contributed by atoms with Crippen LogP contribution in [0.15, 0.2) is 54.9 Å². The lowest BCUT2D eigenvalue weighted by atomic mass is 10.2. The minimum absolute atomic E-state index is 0.228. The Labute approximate surface area is 138 Å². The van der Waals surface area contributed by atoms with Crippen molar-refractivity contribution in [2.75, 3.05) is 5.32 Å². The maximum atomic E-state index is 12.5. The molecular formula is C17H15ClN4O. The van der Waals surface area contributed by atoms with E-state index in [0.29, 0.717) is 22.8 Å². The Morgan fingerprint density at radius 1 is 1.26 bits per heavy atom. The molecule has 0 radical (unpaired) electrons. The number of nitrogens with one attached hydrogen (secondary N) is 1. The number of carbonyl (C=O) groups excluding carboxylic acids is 1. The van der Waals surface area contributed by atoms with Crippen molar-refractivity contribution >= 4 is 23.3 Å². The average molecular weight is 327 g/mol. The molecule has 5 nitrogen and oxygen atoms in total. The van der Waals surface area contributed by atoms with Crippen LogP contribution in [0.25, 0.3) is 5.69 Å². The summed E-state index contributed by atoms with van der Waals surface area (Å²) < 4.78 is 1.74. The molecule has 0 aliphatic rings. The molecule has 116 valence electrons. The molecule has 3 aromatic rings. The number of hydrogen-bond donors (Lipinski definition) is 1. The van der Waals surface area contributed by atoms with Crippen LogP contribution >= 0.6 is 11.6 Å². The molecule has 0 aliphatic heterocycles. The van der Waals surface area contributed by atoms with Gasteiger partial charge in [-0.2, -0.15) is 5.10 Å². The van der Waals surface area contributed by atoms with Crippen LogP contribution in [-0.4, -0.2) is 20.7 Å². The van der Waals surface area contributed by atoms with Gasteiger partial charge in [0.2, 0.25) is 0 Å². The number of halogens is 1. The monoisotopic (exact) mass is 326 g/mol. The fraction of sp³-hybridized carbons (Fsp3) is 0.118. The number of benzene rings is 1. The maximum absolute atomic E-state index is 12.5. The van der Waals surface area contributed by atoms with E-state index in [1.54, 1.807) is 35.3 Å². The first kappa shape index (κ1) is 15.2. The lowest BCUT2D eigenvalue weighted by Gasteiger charge is -2.08. The third-order valence-electron chi connectivity index (χ3n) is 3.41. The third-order valence-corrected chi connectivity index (χ3v) is 3.64. The quantitative estimate of drug-likeness (QED) is 0.794. The topological polar surface area (TPSA) is 59.8 Å². The van der Waals surface area contributed by atoms with E-state index in [1.165, 1.54) is 0 Å². The van der Waals surface area contributed by atoms with E-state index in [9.17, 15) is 4.79 Å². The van der Waals surface area contributed by atoms with Gasteiger partial charge in [-0.05, 0) is 36.8 Å². The van der Waals surface area contributed by atoms with Gasteiger partial charge >= 0.3 is 0 Å². The molecule has 6 heteroatoms. The molecule has 0 aliphatic carbocycles. The van der Waals surface area contributed by atoms with Crippen LogP contribution < -0.4 is 5.32 Å². The first-order valence-corrected chi connectivity index (χ1v) is 7.62. The molecule has 0 fully saturated rings. The summed E-state index contributed by atoms with van der Waals surface area (Å²) in [5.41, 5.74) is 2.17. The fourth-order valence-corrected chi connectivity index (χ4v) is 2.54. The first-order valence-electron chi connectivity index (χ1n) is 7.24. The van der Waals surface area contributed by atoms with Crippen LogP contribution in [0.3, 0.4) is 0 Å². The van der Waals surface area contributed by atoms with Crippen molar-refractivity contribution in [1.29, 1.82) is 0 Å². The van der Waals surface area contributed by atoms with Gasteiger partial charge in [-0.15, -0.1) is 0 Å². The Balaban J connectivity index is 1.93. The Morgan fingerprint density at radius 2 is 2.13 bits per heavy atom. The van der Waals surface area contributed by atoms with Gasteiger partial charge in [0.05, 0.1) is 23.1 Å². The molecule has 0 saturated heterocycles. The highest BCUT2D eigenvalue weighted by atomic mass is 35.5. The second-order valence-electron chi connectivity index (χ2n) is 4.92. The van der Waals surface area contributed by atoms with Gasteiger partial charge in [0, 0.05) is 11.2 Å². The van der Waals surface area contributed by atoms with Gasteiger partial charge in [0.25, 0.3) is 5.91 Å². The Hall–Kier alpha value is -2.66. The van der Waals surface area contributed by atoms with Crippen molar-refractivity contribution in [3.8, 4) is 5.69 Å². The molecule has 0 saturated carbocycles. The van der Waals surface area contributed by atoms with Crippen molar-refractivity contribution < 1.29 is 4.79 Å². The number of nitrogens with zero attached hydrogens (tertiary/aromatic N) is 3. The number of carbonyl (C=O) groups is 1. The van der Waals surface area contributed by atoms with Crippen LogP contribution in [0.2, 0.25) is 5.02 Å². The van der Waals surface area contributed by atoms with Gasteiger partial charge in [-0.1, -0.05) is 30.7 Å². The molecule has 0 atom stereocenters. The smallest absolute Gasteiger partial charge is 0.260 e. The molecule has 1 aromatic carbocycles. The molecule has 0 bridgehead atoms. The molecule has 0 unspecified atom stereocenters. The summed E-state index contributed by atoms with van der Waals surface area (Å²) in [6.07, 6.45) is 3.86. The summed E-state index contributed by atoms with van der Waals surface area (Å²) in [5.74, 6) is 0.281. The van der Waals surface area contributed by atoms with Crippen molar-refractivity contribution in [2.45, 2.75) is 13.3 Å². The number of pyridine rings is 1. The van der Waals surface area contributed by atoms with Crippen LogP contribution in [0.5, 0.6) is 0 Å². The summed E-state index contributed by atoms with van der Waals surface area (Å²) >= 11 is 6.04. The van der Waals surface area contributed by atoms with Gasteiger partial charge < -0.3 is 5.32 Å². The Kier molecular flexibility index (Phi) is 4.39. The molecule has 3 rings (SSSR count). The van der Waals surface area contributed by atoms with E-state index >= 15 is 0 Å². The fourth-order valence-electron chi connectivity index (χ4n) is 2.35. The Bertz CT molecular complexity index is 830. The summed E-state index contributed by atoms with van der Waals surface area (Å²) in [5, 5.41) is 7.74. The molecule has 1 N–H and O–H groups in total. The maximum Gasteiger partial charge on any atom is 0.260 e. The van der Waals surface area contributed by atoms with Crippen LogP contribution in [-0.2, 0) is 6.42 Å².